The molecule has 1 aliphatic carbocycles. The Hall–Kier alpha value is -3.80. The standard InChI is InChI=1S/C27H26N2O4.3H2/c1-16(2)21-9-8-20(14-22(21)17-3-5-18(6-4-17)25(28)30)29-26(31)27(11-12-27)19-7-10-23-24(13-19)33-15-32-23;;;/h3-10,13-14,16H,11-12,15H2,1-2H3,(H2,28,30)(H,29,31);3*1H. The van der Waals surface area contributed by atoms with Crippen LogP contribution in [0.1, 0.15) is 58.4 Å². The van der Waals surface area contributed by atoms with Crippen LogP contribution in [0.3, 0.4) is 0 Å². The molecule has 3 aromatic rings. The summed E-state index contributed by atoms with van der Waals surface area (Å²) < 4.78 is 10.9. The topological polar surface area (TPSA) is 90.7 Å². The molecule has 0 radical (unpaired) electrons. The minimum absolute atomic E-state index is 0. The number of hydrogen-bond acceptors (Lipinski definition) is 4. The minimum atomic E-state index is -0.541. The van der Waals surface area contributed by atoms with Crippen LogP contribution >= 0.6 is 0 Å². The van der Waals surface area contributed by atoms with E-state index in [0.29, 0.717) is 23.0 Å². The van der Waals surface area contributed by atoms with E-state index >= 15 is 0 Å². The molecule has 1 saturated carbocycles. The number of fused-ring (bicyclic) bond motifs is 1. The molecular weight excluding hydrogens is 416 g/mol. The van der Waals surface area contributed by atoms with Crippen LogP contribution in [0.15, 0.2) is 60.7 Å². The summed E-state index contributed by atoms with van der Waals surface area (Å²) in [7, 11) is 0. The van der Waals surface area contributed by atoms with Crippen LogP contribution in [0.25, 0.3) is 11.1 Å². The van der Waals surface area contributed by atoms with E-state index in [9.17, 15) is 9.59 Å². The highest BCUT2D eigenvalue weighted by molar-refractivity contribution is 6.02. The van der Waals surface area contributed by atoms with Crippen LogP contribution < -0.4 is 20.5 Å². The summed E-state index contributed by atoms with van der Waals surface area (Å²) in [5.74, 6) is 1.23. The van der Waals surface area contributed by atoms with Crippen molar-refractivity contribution >= 4 is 17.5 Å². The number of carbonyl (C=O) groups is 2. The number of nitrogens with two attached hydrogens (primary N) is 1. The zero-order chi connectivity index (χ0) is 23.2. The average molecular weight is 449 g/mol. The van der Waals surface area contributed by atoms with Crippen LogP contribution in [0.2, 0.25) is 0 Å². The Labute approximate surface area is 197 Å². The molecule has 33 heavy (non-hydrogen) atoms. The molecule has 174 valence electrons. The minimum Gasteiger partial charge on any atom is -0.454 e. The van der Waals surface area contributed by atoms with E-state index in [-0.39, 0.29) is 17.0 Å². The van der Waals surface area contributed by atoms with Crippen molar-refractivity contribution in [1.82, 2.24) is 0 Å². The second-order valence-corrected chi connectivity index (χ2v) is 9.00. The third-order valence-electron chi connectivity index (χ3n) is 6.52. The van der Waals surface area contributed by atoms with Crippen molar-refractivity contribution in [2.24, 2.45) is 5.73 Å². The summed E-state index contributed by atoms with van der Waals surface area (Å²) in [6, 6.07) is 19.0. The van der Waals surface area contributed by atoms with Gasteiger partial charge in [0.05, 0.1) is 5.41 Å². The Morgan fingerprint density at radius 3 is 2.36 bits per heavy atom. The van der Waals surface area contributed by atoms with Gasteiger partial charge in [-0.2, -0.15) is 0 Å². The summed E-state index contributed by atoms with van der Waals surface area (Å²) in [6.45, 7) is 4.48. The predicted octanol–water partition coefficient (Wildman–Crippen LogP) is 5.71. The quantitative estimate of drug-likeness (QED) is 0.505. The number of hydrogen-bond donors (Lipinski definition) is 2. The lowest BCUT2D eigenvalue weighted by atomic mass is 9.91. The molecule has 3 N–H and O–H groups in total. The molecular formula is C27H32N2O4. The highest BCUT2D eigenvalue weighted by Gasteiger charge is 2.51. The first-order valence-corrected chi connectivity index (χ1v) is 11.1. The fourth-order valence-corrected chi connectivity index (χ4v) is 4.42. The van der Waals surface area contributed by atoms with Gasteiger partial charge < -0.3 is 20.5 Å². The summed E-state index contributed by atoms with van der Waals surface area (Å²) in [6.07, 6.45) is 1.59. The van der Waals surface area contributed by atoms with Crippen molar-refractivity contribution in [3.05, 3.63) is 77.4 Å². The largest absolute Gasteiger partial charge is 0.454 e. The molecule has 2 amide bonds. The number of ether oxygens (including phenoxy) is 2. The summed E-state index contributed by atoms with van der Waals surface area (Å²) in [5.41, 5.74) is 10.2. The highest BCUT2D eigenvalue weighted by Crippen LogP contribution is 2.51. The fraction of sp³-hybridized carbons (Fsp3) is 0.259. The van der Waals surface area contributed by atoms with Crippen molar-refractivity contribution in [2.45, 2.75) is 38.0 Å². The van der Waals surface area contributed by atoms with Crippen molar-refractivity contribution in [1.29, 1.82) is 0 Å². The van der Waals surface area contributed by atoms with Crippen LogP contribution in [0.4, 0.5) is 5.69 Å². The Kier molecular flexibility index (Phi) is 5.08. The zero-order valence-electron chi connectivity index (χ0n) is 18.7. The molecule has 0 aromatic heterocycles. The van der Waals surface area contributed by atoms with Gasteiger partial charge >= 0.3 is 0 Å². The Morgan fingerprint density at radius 1 is 0.970 bits per heavy atom. The van der Waals surface area contributed by atoms with Gasteiger partial charge in [0.2, 0.25) is 18.6 Å². The third kappa shape index (κ3) is 3.82. The Morgan fingerprint density at radius 2 is 1.70 bits per heavy atom. The van der Waals surface area contributed by atoms with Gasteiger partial charge in [0.25, 0.3) is 0 Å². The Balaban J connectivity index is 0.00000152. The number of carbonyl (C=O) groups excluding carboxylic acids is 2. The molecule has 0 saturated heterocycles. The fourth-order valence-electron chi connectivity index (χ4n) is 4.42. The predicted molar refractivity (Wildman–Crippen MR) is 133 cm³/mol. The van der Waals surface area contributed by atoms with E-state index in [2.05, 4.69) is 25.2 Å². The number of primary amides is 1. The van der Waals surface area contributed by atoms with Gasteiger partial charge in [0.15, 0.2) is 11.5 Å². The molecule has 0 spiro atoms. The SMILES string of the molecule is CC(C)c1ccc(NC(=O)C2(c3ccc4c(c3)OCO4)CC2)cc1-c1ccc(C(N)=O)cc1.[HH].[HH].[HH]. The molecule has 0 unspecified atom stereocenters. The first-order valence-electron chi connectivity index (χ1n) is 11.1. The summed E-state index contributed by atoms with van der Waals surface area (Å²) >= 11 is 0. The molecule has 0 atom stereocenters. The average Bonchev–Trinajstić information content (AvgIpc) is 3.50. The maximum atomic E-state index is 13.3. The van der Waals surface area contributed by atoms with Crippen LogP contribution in [0, 0.1) is 0 Å². The Bertz CT molecular complexity index is 1260. The molecule has 3 aromatic carbocycles. The number of rotatable bonds is 6. The van der Waals surface area contributed by atoms with Gasteiger partial charge in [-0.15, -0.1) is 0 Å². The maximum Gasteiger partial charge on any atom is 0.248 e. The van der Waals surface area contributed by atoms with Gasteiger partial charge in [0.1, 0.15) is 0 Å². The molecule has 1 fully saturated rings. The van der Waals surface area contributed by atoms with Crippen LogP contribution in [-0.4, -0.2) is 18.6 Å². The van der Waals surface area contributed by atoms with E-state index in [1.807, 2.05) is 42.5 Å². The zero-order valence-corrected chi connectivity index (χ0v) is 18.7. The maximum absolute atomic E-state index is 13.3. The lowest BCUT2D eigenvalue weighted by molar-refractivity contribution is -0.118. The molecule has 2 aliphatic rings. The van der Waals surface area contributed by atoms with Gasteiger partial charge in [-0.3, -0.25) is 9.59 Å². The monoisotopic (exact) mass is 448 g/mol. The van der Waals surface area contributed by atoms with Crippen LogP contribution in [-0.2, 0) is 10.2 Å². The summed E-state index contributed by atoms with van der Waals surface area (Å²) in [4.78, 5) is 24.8. The normalized spacial score (nSPS) is 15.4. The van der Waals surface area contributed by atoms with Crippen molar-refractivity contribution < 1.29 is 23.3 Å². The molecule has 1 aliphatic heterocycles. The van der Waals surface area contributed by atoms with Crippen molar-refractivity contribution in [3.63, 3.8) is 0 Å². The third-order valence-corrected chi connectivity index (χ3v) is 6.52. The van der Waals surface area contributed by atoms with Crippen molar-refractivity contribution in [2.75, 3.05) is 12.1 Å². The number of nitrogens with one attached hydrogen (secondary N) is 1. The van der Waals surface area contributed by atoms with Gasteiger partial charge in [-0.25, -0.2) is 0 Å². The number of amides is 2. The van der Waals surface area contributed by atoms with Gasteiger partial charge in [-0.1, -0.05) is 38.1 Å². The molecule has 5 rings (SSSR count). The molecule has 6 heteroatoms. The lowest BCUT2D eigenvalue weighted by Crippen LogP contribution is -2.27. The molecule has 1 heterocycles. The lowest BCUT2D eigenvalue weighted by Gasteiger charge is -2.19. The van der Waals surface area contributed by atoms with E-state index in [4.69, 9.17) is 15.2 Å². The second-order valence-electron chi connectivity index (χ2n) is 9.00. The van der Waals surface area contributed by atoms with Gasteiger partial charge in [-0.05, 0) is 77.4 Å². The van der Waals surface area contributed by atoms with E-state index in [0.717, 1.165) is 40.8 Å². The first kappa shape index (κ1) is 21.1. The van der Waals surface area contributed by atoms with E-state index in [1.54, 1.807) is 12.1 Å². The van der Waals surface area contributed by atoms with Crippen LogP contribution in [0.5, 0.6) is 11.5 Å². The summed E-state index contributed by atoms with van der Waals surface area (Å²) in [5, 5.41) is 3.13. The van der Waals surface area contributed by atoms with Gasteiger partial charge in [0, 0.05) is 15.5 Å². The smallest absolute Gasteiger partial charge is 0.248 e. The molecule has 0 bridgehead atoms. The molecule has 6 nitrogen and oxygen atoms in total. The van der Waals surface area contributed by atoms with E-state index in [1.165, 1.54) is 0 Å². The highest BCUT2D eigenvalue weighted by atomic mass is 16.7. The van der Waals surface area contributed by atoms with E-state index < -0.39 is 11.3 Å². The second kappa shape index (κ2) is 7.96. The number of anilines is 1. The first-order chi connectivity index (χ1) is 15.9. The van der Waals surface area contributed by atoms with Crippen molar-refractivity contribution in [3.8, 4) is 22.6 Å². The number of benzene rings is 3.